The number of hydrogen-bond acceptors (Lipinski definition) is 6. The van der Waals surface area contributed by atoms with Crippen LogP contribution in [-0.2, 0) is 14.8 Å². The molecule has 1 fully saturated rings. The fourth-order valence-electron chi connectivity index (χ4n) is 3.18. The third kappa shape index (κ3) is 4.48. The second-order valence-electron chi connectivity index (χ2n) is 6.40. The summed E-state index contributed by atoms with van der Waals surface area (Å²) in [6.07, 6.45) is 2.34. The number of nitrogens with one attached hydrogen (secondary N) is 1. The van der Waals surface area contributed by atoms with Crippen LogP contribution in [0.1, 0.15) is 24.6 Å². The van der Waals surface area contributed by atoms with Gasteiger partial charge in [-0.3, -0.25) is 4.79 Å². The zero-order valence-corrected chi connectivity index (χ0v) is 17.2. The molecule has 9 heteroatoms. The zero-order valence-electron chi connectivity index (χ0n) is 15.6. The number of ether oxygens (including phenoxy) is 1. The molecule has 0 aliphatic carbocycles. The molecule has 0 saturated carbocycles. The molecule has 1 atom stereocenters. The van der Waals surface area contributed by atoms with Crippen molar-refractivity contribution < 1.29 is 17.9 Å². The van der Waals surface area contributed by atoms with E-state index in [0.29, 0.717) is 31.1 Å². The van der Waals surface area contributed by atoms with Crippen LogP contribution in [0.15, 0.2) is 24.3 Å². The predicted octanol–water partition coefficient (Wildman–Crippen LogP) is 2.88. The summed E-state index contributed by atoms with van der Waals surface area (Å²) in [6.45, 7) is 4.86. The Balaban J connectivity index is 1.75. The van der Waals surface area contributed by atoms with Gasteiger partial charge in [0.1, 0.15) is 11.8 Å². The molecule has 1 aromatic heterocycles. The zero-order chi connectivity index (χ0) is 19.6. The van der Waals surface area contributed by atoms with Gasteiger partial charge in [0.05, 0.1) is 18.6 Å². The van der Waals surface area contributed by atoms with Gasteiger partial charge < -0.3 is 10.1 Å². The van der Waals surface area contributed by atoms with Crippen molar-refractivity contribution in [2.45, 2.75) is 32.7 Å². The van der Waals surface area contributed by atoms with Crippen LogP contribution in [0.5, 0.6) is 5.75 Å². The van der Waals surface area contributed by atoms with E-state index in [4.69, 9.17) is 4.74 Å². The van der Waals surface area contributed by atoms with Gasteiger partial charge in [0, 0.05) is 17.0 Å². The van der Waals surface area contributed by atoms with Gasteiger partial charge in [-0.15, -0.1) is 11.3 Å². The number of carbonyl (C=O) groups excluding carboxylic acids is 1. The first-order valence-electron chi connectivity index (χ1n) is 8.78. The van der Waals surface area contributed by atoms with E-state index in [1.54, 1.807) is 0 Å². The Bertz CT molecular complexity index is 923. The molecule has 1 amide bonds. The van der Waals surface area contributed by atoms with E-state index >= 15 is 0 Å². The van der Waals surface area contributed by atoms with Gasteiger partial charge in [-0.05, 0) is 51.0 Å². The molecule has 1 aromatic carbocycles. The fraction of sp³-hybridized carbons (Fsp3) is 0.444. The summed E-state index contributed by atoms with van der Waals surface area (Å²) in [7, 11) is -3.40. The molecule has 1 aliphatic rings. The smallest absolute Gasteiger partial charge is 0.244 e. The van der Waals surface area contributed by atoms with Crippen LogP contribution in [0.4, 0.5) is 5.13 Å². The topological polar surface area (TPSA) is 88.6 Å². The number of benzene rings is 1. The number of aromatic nitrogens is 1. The molecular weight excluding hydrogens is 386 g/mol. The summed E-state index contributed by atoms with van der Waals surface area (Å²) in [6, 6.07) is 6.97. The molecule has 2 heterocycles. The van der Waals surface area contributed by atoms with E-state index in [0.717, 1.165) is 28.1 Å². The maximum Gasteiger partial charge on any atom is 0.244 e. The molecule has 1 aliphatic heterocycles. The maximum atomic E-state index is 12.6. The highest BCUT2D eigenvalue weighted by atomic mass is 32.2. The van der Waals surface area contributed by atoms with E-state index in [2.05, 4.69) is 10.3 Å². The molecular formula is C18H23N3O4S2. The van der Waals surface area contributed by atoms with Crippen molar-refractivity contribution in [3.8, 4) is 17.0 Å². The number of thiazole rings is 1. The van der Waals surface area contributed by atoms with Crippen molar-refractivity contribution in [3.63, 3.8) is 0 Å². The molecule has 1 N–H and O–H groups in total. The third-order valence-corrected chi connectivity index (χ3v) is 6.57. The van der Waals surface area contributed by atoms with Crippen LogP contribution < -0.4 is 10.1 Å². The lowest BCUT2D eigenvalue weighted by Crippen LogP contribution is -2.42. The number of nitrogens with zero attached hydrogens (tertiary/aromatic N) is 2. The summed E-state index contributed by atoms with van der Waals surface area (Å²) < 4.78 is 30.4. The van der Waals surface area contributed by atoms with E-state index in [9.17, 15) is 13.2 Å². The van der Waals surface area contributed by atoms with Crippen molar-refractivity contribution in [1.29, 1.82) is 0 Å². The second-order valence-corrected chi connectivity index (χ2v) is 9.54. The Kier molecular flexibility index (Phi) is 5.83. The van der Waals surface area contributed by atoms with Gasteiger partial charge in [0.2, 0.25) is 15.9 Å². The Hall–Kier alpha value is -1.97. The van der Waals surface area contributed by atoms with E-state index < -0.39 is 16.1 Å². The number of rotatable bonds is 6. The normalized spacial score (nSPS) is 17.8. The van der Waals surface area contributed by atoms with E-state index in [1.165, 1.54) is 15.6 Å². The largest absolute Gasteiger partial charge is 0.494 e. The predicted molar refractivity (Wildman–Crippen MR) is 107 cm³/mol. The average Bonchev–Trinajstić information content (AvgIpc) is 3.23. The van der Waals surface area contributed by atoms with Crippen molar-refractivity contribution in [3.05, 3.63) is 29.1 Å². The average molecular weight is 410 g/mol. The minimum Gasteiger partial charge on any atom is -0.494 e. The molecule has 27 heavy (non-hydrogen) atoms. The quantitative estimate of drug-likeness (QED) is 0.792. The minimum absolute atomic E-state index is 0.329. The molecule has 0 unspecified atom stereocenters. The van der Waals surface area contributed by atoms with Gasteiger partial charge >= 0.3 is 0 Å². The van der Waals surface area contributed by atoms with E-state index in [-0.39, 0.29) is 5.91 Å². The van der Waals surface area contributed by atoms with Crippen molar-refractivity contribution in [1.82, 2.24) is 9.29 Å². The highest BCUT2D eigenvalue weighted by Crippen LogP contribution is 2.32. The first kappa shape index (κ1) is 19.8. The number of anilines is 1. The summed E-state index contributed by atoms with van der Waals surface area (Å²) >= 11 is 1.38. The Morgan fingerprint density at radius 1 is 1.37 bits per heavy atom. The lowest BCUT2D eigenvalue weighted by Gasteiger charge is -2.20. The number of amides is 1. The monoisotopic (exact) mass is 409 g/mol. The summed E-state index contributed by atoms with van der Waals surface area (Å²) in [5.74, 6) is 0.467. The summed E-state index contributed by atoms with van der Waals surface area (Å²) in [4.78, 5) is 18.1. The van der Waals surface area contributed by atoms with Crippen LogP contribution in [0, 0.1) is 6.92 Å². The molecule has 0 bridgehead atoms. The number of hydrogen-bond donors (Lipinski definition) is 1. The first-order valence-corrected chi connectivity index (χ1v) is 11.4. The Morgan fingerprint density at radius 2 is 2.07 bits per heavy atom. The molecule has 2 aromatic rings. The first-order chi connectivity index (χ1) is 12.8. The second kappa shape index (κ2) is 7.95. The number of carbonyl (C=O) groups is 1. The van der Waals surface area contributed by atoms with Crippen LogP contribution in [-0.4, -0.2) is 49.1 Å². The van der Waals surface area contributed by atoms with Gasteiger partial charge in [-0.25, -0.2) is 13.4 Å². The standard InChI is InChI=1S/C18H23N3O4S2/c1-4-25-14-9-7-13(8-10-14)16-12(2)26-18(19-16)20-17(22)15-6-5-11-21(15)27(3,23)24/h7-10,15H,4-6,11H2,1-3H3,(H,19,20,22)/t15-/m0/s1. The molecule has 7 nitrogen and oxygen atoms in total. The molecule has 146 valence electrons. The maximum absolute atomic E-state index is 12.6. The van der Waals surface area contributed by atoms with Crippen LogP contribution in [0.25, 0.3) is 11.3 Å². The Labute approximate surface area is 163 Å². The highest BCUT2D eigenvalue weighted by molar-refractivity contribution is 7.88. The lowest BCUT2D eigenvalue weighted by molar-refractivity contribution is -0.119. The van der Waals surface area contributed by atoms with Crippen molar-refractivity contribution in [2.24, 2.45) is 0 Å². The highest BCUT2D eigenvalue weighted by Gasteiger charge is 2.36. The van der Waals surface area contributed by atoms with Gasteiger partial charge in [0.15, 0.2) is 5.13 Å². The van der Waals surface area contributed by atoms with Crippen molar-refractivity contribution >= 4 is 32.4 Å². The van der Waals surface area contributed by atoms with Gasteiger partial charge in [0.25, 0.3) is 0 Å². The fourth-order valence-corrected chi connectivity index (χ4v) is 5.14. The molecule has 0 radical (unpaired) electrons. The van der Waals surface area contributed by atoms with Crippen LogP contribution in [0.3, 0.4) is 0 Å². The summed E-state index contributed by atoms with van der Waals surface area (Å²) in [5.41, 5.74) is 1.73. The molecule has 0 spiro atoms. The number of sulfonamides is 1. The molecule has 1 saturated heterocycles. The third-order valence-electron chi connectivity index (χ3n) is 4.40. The number of aryl methyl sites for hydroxylation is 1. The van der Waals surface area contributed by atoms with Gasteiger partial charge in [-0.2, -0.15) is 4.31 Å². The van der Waals surface area contributed by atoms with Crippen molar-refractivity contribution in [2.75, 3.05) is 24.7 Å². The minimum atomic E-state index is -3.40. The summed E-state index contributed by atoms with van der Waals surface area (Å²) in [5, 5.41) is 3.26. The Morgan fingerprint density at radius 3 is 2.70 bits per heavy atom. The SMILES string of the molecule is CCOc1ccc(-c2nc(NC(=O)[C@@H]3CCCN3S(C)(=O)=O)sc2C)cc1. The van der Waals surface area contributed by atoms with Crippen LogP contribution in [0.2, 0.25) is 0 Å². The molecule has 3 rings (SSSR count). The van der Waals surface area contributed by atoms with E-state index in [1.807, 2.05) is 38.1 Å². The van der Waals surface area contributed by atoms with Crippen LogP contribution >= 0.6 is 11.3 Å². The van der Waals surface area contributed by atoms with Gasteiger partial charge in [-0.1, -0.05) is 0 Å². The lowest BCUT2D eigenvalue weighted by atomic mass is 10.1.